The van der Waals surface area contributed by atoms with Crippen LogP contribution in [0.2, 0.25) is 0 Å². The maximum Gasteiger partial charge on any atom is 0.246 e. The van der Waals surface area contributed by atoms with Crippen molar-refractivity contribution in [2.45, 2.75) is 38.1 Å². The van der Waals surface area contributed by atoms with Gasteiger partial charge < -0.3 is 19.4 Å². The maximum atomic E-state index is 12.6. The summed E-state index contributed by atoms with van der Waals surface area (Å²) in [6.45, 7) is 2.40. The molecule has 0 aromatic heterocycles. The number of nitrogens with zero attached hydrogens (tertiary/aromatic N) is 3. The topological polar surface area (TPSA) is 53.1 Å². The number of hydrogen-bond acceptors (Lipinski definition) is 4. The molecular formula is C20H29N3O3. The molecule has 2 heterocycles. The average molecular weight is 359 g/mol. The second-order valence-electron chi connectivity index (χ2n) is 7.23. The molecule has 1 aromatic rings. The Hall–Kier alpha value is -2.08. The van der Waals surface area contributed by atoms with E-state index in [0.717, 1.165) is 24.4 Å². The molecule has 0 saturated carbocycles. The van der Waals surface area contributed by atoms with Crippen LogP contribution >= 0.6 is 0 Å². The minimum absolute atomic E-state index is 0.0346. The van der Waals surface area contributed by atoms with Gasteiger partial charge in [-0.05, 0) is 45.0 Å². The zero-order valence-corrected chi connectivity index (χ0v) is 15.8. The zero-order valence-electron chi connectivity index (χ0n) is 15.8. The SMILES string of the molecule is COc1cccc(N2CCN(C(=O)CC[C@H]3CCCCN3C)CC2=O)c1. The van der Waals surface area contributed by atoms with Crippen molar-refractivity contribution in [2.75, 3.05) is 45.2 Å². The Labute approximate surface area is 155 Å². The number of carbonyl (C=O) groups excluding carboxylic acids is 2. The summed E-state index contributed by atoms with van der Waals surface area (Å²) in [6, 6.07) is 7.99. The van der Waals surface area contributed by atoms with E-state index in [2.05, 4.69) is 11.9 Å². The van der Waals surface area contributed by atoms with Crippen molar-refractivity contribution in [3.63, 3.8) is 0 Å². The van der Waals surface area contributed by atoms with Crippen LogP contribution in [0.5, 0.6) is 5.75 Å². The molecule has 2 amide bonds. The molecule has 2 saturated heterocycles. The molecular weight excluding hydrogens is 330 g/mol. The summed E-state index contributed by atoms with van der Waals surface area (Å²) in [5, 5.41) is 0. The van der Waals surface area contributed by atoms with Gasteiger partial charge in [0.1, 0.15) is 12.3 Å². The third-order valence-electron chi connectivity index (χ3n) is 5.55. The Balaban J connectivity index is 1.52. The maximum absolute atomic E-state index is 12.6. The van der Waals surface area contributed by atoms with Crippen LogP contribution < -0.4 is 9.64 Å². The van der Waals surface area contributed by atoms with Crippen LogP contribution in [0.1, 0.15) is 32.1 Å². The van der Waals surface area contributed by atoms with E-state index >= 15 is 0 Å². The summed E-state index contributed by atoms with van der Waals surface area (Å²) < 4.78 is 5.23. The fourth-order valence-electron chi connectivity index (χ4n) is 3.89. The number of piperidine rings is 1. The van der Waals surface area contributed by atoms with Gasteiger partial charge in [0.15, 0.2) is 0 Å². The average Bonchev–Trinajstić information content (AvgIpc) is 2.67. The van der Waals surface area contributed by atoms with Crippen molar-refractivity contribution in [3.05, 3.63) is 24.3 Å². The predicted octanol–water partition coefficient (Wildman–Crippen LogP) is 2.13. The molecule has 2 aliphatic heterocycles. The van der Waals surface area contributed by atoms with Gasteiger partial charge in [-0.1, -0.05) is 12.5 Å². The van der Waals surface area contributed by atoms with Crippen LogP contribution in [-0.2, 0) is 9.59 Å². The summed E-state index contributed by atoms with van der Waals surface area (Å²) in [7, 11) is 3.76. The summed E-state index contributed by atoms with van der Waals surface area (Å²) in [5.41, 5.74) is 0.824. The lowest BCUT2D eigenvalue weighted by molar-refractivity contribution is -0.137. The molecule has 2 aliphatic rings. The minimum Gasteiger partial charge on any atom is -0.497 e. The van der Waals surface area contributed by atoms with E-state index in [4.69, 9.17) is 4.74 Å². The number of ether oxygens (including phenoxy) is 1. The summed E-state index contributed by atoms with van der Waals surface area (Å²) in [5.74, 6) is 0.792. The number of amides is 2. The molecule has 0 N–H and O–H groups in total. The third kappa shape index (κ3) is 4.36. The first-order valence-electron chi connectivity index (χ1n) is 9.51. The second kappa shape index (κ2) is 8.54. The standard InChI is InChI=1S/C20H29N3O3/c1-21-11-4-3-6-16(21)9-10-19(24)22-12-13-23(20(25)15-22)17-7-5-8-18(14-17)26-2/h5,7-8,14,16H,3-4,6,9-13,15H2,1-2H3/t16-/m1/s1. The molecule has 1 atom stereocenters. The van der Waals surface area contributed by atoms with E-state index in [0.29, 0.717) is 25.6 Å². The largest absolute Gasteiger partial charge is 0.497 e. The van der Waals surface area contributed by atoms with E-state index in [1.165, 1.54) is 19.3 Å². The normalized spacial score (nSPS) is 21.8. The highest BCUT2D eigenvalue weighted by atomic mass is 16.5. The van der Waals surface area contributed by atoms with Gasteiger partial charge in [-0.25, -0.2) is 0 Å². The Bertz CT molecular complexity index is 649. The summed E-state index contributed by atoms with van der Waals surface area (Å²) in [4.78, 5) is 30.9. The van der Waals surface area contributed by atoms with Crippen molar-refractivity contribution in [1.82, 2.24) is 9.80 Å². The first-order chi connectivity index (χ1) is 12.6. The number of anilines is 1. The molecule has 0 radical (unpaired) electrons. The number of likely N-dealkylation sites (tertiary alicyclic amines) is 1. The Morgan fingerprint density at radius 3 is 2.81 bits per heavy atom. The fraction of sp³-hybridized carbons (Fsp3) is 0.600. The summed E-state index contributed by atoms with van der Waals surface area (Å²) in [6.07, 6.45) is 5.09. The lowest BCUT2D eigenvalue weighted by Crippen LogP contribution is -2.52. The molecule has 6 nitrogen and oxygen atoms in total. The lowest BCUT2D eigenvalue weighted by atomic mass is 9.98. The van der Waals surface area contributed by atoms with Crippen LogP contribution in [0.15, 0.2) is 24.3 Å². The van der Waals surface area contributed by atoms with Gasteiger partial charge in [0.05, 0.1) is 7.11 Å². The van der Waals surface area contributed by atoms with Crippen molar-refractivity contribution in [1.29, 1.82) is 0 Å². The predicted molar refractivity (Wildman–Crippen MR) is 101 cm³/mol. The van der Waals surface area contributed by atoms with Crippen LogP contribution in [0, 0.1) is 0 Å². The van der Waals surface area contributed by atoms with Gasteiger partial charge in [-0.3, -0.25) is 9.59 Å². The van der Waals surface area contributed by atoms with Gasteiger partial charge in [0, 0.05) is 37.3 Å². The second-order valence-corrected chi connectivity index (χ2v) is 7.23. The number of benzene rings is 1. The molecule has 2 fully saturated rings. The number of rotatable bonds is 5. The van der Waals surface area contributed by atoms with E-state index in [1.807, 2.05) is 24.3 Å². The van der Waals surface area contributed by atoms with Crippen LogP contribution in [-0.4, -0.2) is 68.0 Å². The molecule has 3 rings (SSSR count). The van der Waals surface area contributed by atoms with Crippen LogP contribution in [0.3, 0.4) is 0 Å². The molecule has 6 heteroatoms. The molecule has 0 aliphatic carbocycles. The first kappa shape index (κ1) is 18.7. The number of piperazine rings is 1. The summed E-state index contributed by atoms with van der Waals surface area (Å²) >= 11 is 0. The Morgan fingerprint density at radius 1 is 1.23 bits per heavy atom. The first-order valence-corrected chi connectivity index (χ1v) is 9.51. The van der Waals surface area contributed by atoms with Crippen LogP contribution in [0.4, 0.5) is 5.69 Å². The van der Waals surface area contributed by atoms with Crippen LogP contribution in [0.25, 0.3) is 0 Å². The van der Waals surface area contributed by atoms with Gasteiger partial charge in [-0.15, -0.1) is 0 Å². The van der Waals surface area contributed by atoms with Crippen molar-refractivity contribution in [2.24, 2.45) is 0 Å². The van der Waals surface area contributed by atoms with Gasteiger partial charge in [0.2, 0.25) is 11.8 Å². The molecule has 0 spiro atoms. The smallest absolute Gasteiger partial charge is 0.246 e. The van der Waals surface area contributed by atoms with E-state index in [-0.39, 0.29) is 18.4 Å². The highest BCUT2D eigenvalue weighted by Crippen LogP contribution is 2.23. The zero-order chi connectivity index (χ0) is 18.5. The third-order valence-corrected chi connectivity index (χ3v) is 5.55. The Morgan fingerprint density at radius 2 is 2.08 bits per heavy atom. The molecule has 1 aromatic carbocycles. The number of methoxy groups -OCH3 is 1. The van der Waals surface area contributed by atoms with E-state index in [1.54, 1.807) is 16.9 Å². The van der Waals surface area contributed by atoms with E-state index < -0.39 is 0 Å². The van der Waals surface area contributed by atoms with Crippen molar-refractivity contribution >= 4 is 17.5 Å². The number of carbonyl (C=O) groups is 2. The fourth-order valence-corrected chi connectivity index (χ4v) is 3.89. The van der Waals surface area contributed by atoms with Gasteiger partial charge in [-0.2, -0.15) is 0 Å². The molecule has 0 unspecified atom stereocenters. The van der Waals surface area contributed by atoms with Crippen molar-refractivity contribution < 1.29 is 14.3 Å². The highest BCUT2D eigenvalue weighted by Gasteiger charge is 2.29. The highest BCUT2D eigenvalue weighted by molar-refractivity contribution is 5.98. The monoisotopic (exact) mass is 359 g/mol. The van der Waals surface area contributed by atoms with Gasteiger partial charge >= 0.3 is 0 Å². The quantitative estimate of drug-likeness (QED) is 0.808. The molecule has 0 bridgehead atoms. The van der Waals surface area contributed by atoms with Crippen molar-refractivity contribution in [3.8, 4) is 5.75 Å². The molecule has 26 heavy (non-hydrogen) atoms. The number of hydrogen-bond donors (Lipinski definition) is 0. The van der Waals surface area contributed by atoms with E-state index in [9.17, 15) is 9.59 Å². The minimum atomic E-state index is -0.0346. The van der Waals surface area contributed by atoms with Gasteiger partial charge in [0.25, 0.3) is 0 Å². The lowest BCUT2D eigenvalue weighted by Gasteiger charge is -2.36. The Kier molecular flexibility index (Phi) is 6.14. The molecule has 142 valence electrons.